The van der Waals surface area contributed by atoms with Crippen molar-refractivity contribution in [1.29, 1.82) is 0 Å². The van der Waals surface area contributed by atoms with E-state index in [0.717, 1.165) is 32.1 Å². The molecule has 0 heterocycles. The second-order valence-corrected chi connectivity index (χ2v) is 15.3. The Hall–Kier alpha value is -3.18. The van der Waals surface area contributed by atoms with Gasteiger partial charge in [-0.3, -0.25) is 19.2 Å². The third-order valence-electron chi connectivity index (χ3n) is 7.92. The van der Waals surface area contributed by atoms with Gasteiger partial charge in [0.2, 0.25) is 11.8 Å². The van der Waals surface area contributed by atoms with E-state index in [9.17, 15) is 33.9 Å². The minimum atomic E-state index is -1.37. The van der Waals surface area contributed by atoms with Crippen LogP contribution >= 0.6 is 0 Å². The first-order valence-corrected chi connectivity index (χ1v) is 18.9. The molecule has 2 amide bonds. The molecule has 0 aliphatic heterocycles. The zero-order valence-electron chi connectivity index (χ0n) is 31.9. The number of amides is 2. The molecule has 4 N–H and O–H groups in total. The van der Waals surface area contributed by atoms with E-state index < -0.39 is 53.5 Å². The number of aliphatic carboxylic acids is 2. The van der Waals surface area contributed by atoms with Gasteiger partial charge >= 0.3 is 23.9 Å². The van der Waals surface area contributed by atoms with Gasteiger partial charge < -0.3 is 30.3 Å². The number of esters is 2. The Morgan fingerprint density at radius 3 is 1.24 bits per heavy atom. The minimum absolute atomic E-state index is 0.0868. The molecule has 1 unspecified atom stereocenters. The topological polar surface area (TPSA) is 185 Å². The summed E-state index contributed by atoms with van der Waals surface area (Å²) in [4.78, 5) is 71.7. The Labute approximate surface area is 300 Å². The molecule has 12 heteroatoms. The van der Waals surface area contributed by atoms with Crippen LogP contribution in [-0.4, -0.2) is 69.2 Å². The Morgan fingerprint density at radius 2 is 0.840 bits per heavy atom. The number of hydrogen-bond donors (Lipinski definition) is 4. The fourth-order valence-electron chi connectivity index (χ4n) is 5.38. The summed E-state index contributed by atoms with van der Waals surface area (Å²) in [6.45, 7) is 10.8. The first kappa shape index (κ1) is 46.8. The van der Waals surface area contributed by atoms with Crippen molar-refractivity contribution in [3.8, 4) is 0 Å². The molecule has 0 aliphatic carbocycles. The lowest BCUT2D eigenvalue weighted by Gasteiger charge is -2.24. The molecular weight excluding hydrogens is 644 g/mol. The summed E-state index contributed by atoms with van der Waals surface area (Å²) in [5, 5.41) is 23.0. The van der Waals surface area contributed by atoms with Crippen LogP contribution in [0.4, 0.5) is 0 Å². The molecule has 0 fully saturated rings. The van der Waals surface area contributed by atoms with Crippen LogP contribution in [0, 0.1) is 0 Å². The van der Waals surface area contributed by atoms with E-state index in [2.05, 4.69) is 10.6 Å². The van der Waals surface area contributed by atoms with Crippen LogP contribution in [0.25, 0.3) is 0 Å². The first-order valence-electron chi connectivity index (χ1n) is 18.9. The van der Waals surface area contributed by atoms with E-state index in [0.29, 0.717) is 12.8 Å². The fourth-order valence-corrected chi connectivity index (χ4v) is 5.38. The number of carboxylic acid groups (broad SMARTS) is 2. The Kier molecular flexibility index (Phi) is 24.9. The van der Waals surface area contributed by atoms with E-state index in [1.54, 1.807) is 20.8 Å². The summed E-state index contributed by atoms with van der Waals surface area (Å²) >= 11 is 0. The number of carbonyl (C=O) groups excluding carboxylic acids is 4. The number of hydrogen-bond acceptors (Lipinski definition) is 8. The Morgan fingerprint density at radius 1 is 0.480 bits per heavy atom. The predicted molar refractivity (Wildman–Crippen MR) is 192 cm³/mol. The molecule has 0 radical (unpaired) electrons. The number of rotatable bonds is 29. The van der Waals surface area contributed by atoms with Crippen molar-refractivity contribution in [1.82, 2.24) is 10.6 Å². The molecule has 0 saturated heterocycles. The van der Waals surface area contributed by atoms with Crippen LogP contribution in [-0.2, 0) is 38.2 Å². The minimum Gasteiger partial charge on any atom is -0.481 e. The van der Waals surface area contributed by atoms with Gasteiger partial charge in [0.25, 0.3) is 0 Å². The van der Waals surface area contributed by atoms with E-state index in [1.165, 1.54) is 64.2 Å². The normalized spacial score (nSPS) is 12.8. The summed E-state index contributed by atoms with van der Waals surface area (Å²) in [5.74, 6) is -4.28. The van der Waals surface area contributed by atoms with Crippen molar-refractivity contribution in [2.75, 3.05) is 0 Å². The molecular formula is C38H68N2O10. The van der Waals surface area contributed by atoms with E-state index >= 15 is 0 Å². The van der Waals surface area contributed by atoms with Gasteiger partial charge in [-0.05, 0) is 67.2 Å². The van der Waals surface area contributed by atoms with Crippen LogP contribution in [0.3, 0.4) is 0 Å². The lowest BCUT2D eigenvalue weighted by atomic mass is 10.0. The van der Waals surface area contributed by atoms with E-state index in [1.807, 2.05) is 20.8 Å². The number of carboxylic acids is 2. The molecule has 0 aromatic carbocycles. The van der Waals surface area contributed by atoms with Gasteiger partial charge in [-0.2, -0.15) is 0 Å². The van der Waals surface area contributed by atoms with Gasteiger partial charge in [-0.1, -0.05) is 89.9 Å². The van der Waals surface area contributed by atoms with Gasteiger partial charge in [0.1, 0.15) is 23.3 Å². The van der Waals surface area contributed by atoms with Crippen LogP contribution in [0.15, 0.2) is 0 Å². The second-order valence-electron chi connectivity index (χ2n) is 15.3. The smallest absolute Gasteiger partial charge is 0.329 e. The number of unbranched alkanes of at least 4 members (excludes halogenated alkanes) is 15. The molecule has 0 spiro atoms. The van der Waals surface area contributed by atoms with Crippen molar-refractivity contribution in [3.63, 3.8) is 0 Å². The fraction of sp³-hybridized carbons (Fsp3) is 0.842. The molecule has 2 atom stereocenters. The maximum absolute atomic E-state index is 12.8. The quantitative estimate of drug-likeness (QED) is 0.0450. The second kappa shape index (κ2) is 26.6. The zero-order valence-corrected chi connectivity index (χ0v) is 31.9. The summed E-state index contributed by atoms with van der Waals surface area (Å²) in [6.07, 6.45) is 17.9. The van der Waals surface area contributed by atoms with Crippen molar-refractivity contribution in [2.24, 2.45) is 0 Å². The van der Waals surface area contributed by atoms with E-state index in [-0.39, 0.29) is 37.6 Å². The van der Waals surface area contributed by atoms with Crippen molar-refractivity contribution in [3.05, 3.63) is 0 Å². The van der Waals surface area contributed by atoms with E-state index in [4.69, 9.17) is 14.6 Å². The molecule has 12 nitrogen and oxygen atoms in total. The number of carbonyl (C=O) groups is 6. The lowest BCUT2D eigenvalue weighted by Crippen LogP contribution is -2.46. The molecule has 0 aliphatic rings. The van der Waals surface area contributed by atoms with Gasteiger partial charge in [0.15, 0.2) is 0 Å². The molecule has 290 valence electrons. The largest absolute Gasteiger partial charge is 0.481 e. The van der Waals surface area contributed by atoms with Gasteiger partial charge in [0.05, 0.1) is 0 Å². The van der Waals surface area contributed by atoms with Gasteiger partial charge in [-0.25, -0.2) is 9.59 Å². The SMILES string of the molecule is CC(C)(C)OC(=O)CCCCCCCCCCCCCCCCCCC(=O)NC(CCC(=O)N[C@@H](CCC(=O)O)C(=O)O)C(=O)OC(C)(C)C. The Bertz CT molecular complexity index is 1020. The average molecular weight is 713 g/mol. The summed E-state index contributed by atoms with van der Waals surface area (Å²) in [6, 6.07) is -2.44. The maximum Gasteiger partial charge on any atom is 0.329 e. The highest BCUT2D eigenvalue weighted by atomic mass is 16.6. The summed E-state index contributed by atoms with van der Waals surface area (Å²) in [5.41, 5.74) is -1.21. The molecule has 0 saturated carbocycles. The highest BCUT2D eigenvalue weighted by Crippen LogP contribution is 2.16. The Balaban J connectivity index is 4.09. The third-order valence-corrected chi connectivity index (χ3v) is 7.92. The molecule has 0 rings (SSSR count). The zero-order chi connectivity index (χ0) is 38.0. The van der Waals surface area contributed by atoms with Gasteiger partial charge in [0, 0.05) is 25.7 Å². The third kappa shape index (κ3) is 29.7. The standard InChI is InChI=1S/C38H68N2O10/c1-37(2,3)49-34(45)24-22-20-18-16-14-12-10-8-7-9-11-13-15-17-19-21-23-31(41)40-30(36(48)50-38(4,5)6)25-27-32(42)39-29(35(46)47)26-28-33(43)44/h29-30H,7-28H2,1-6H3,(H,39,42)(H,40,41)(H,43,44)(H,46,47)/t29-,30?/m0/s1. The highest BCUT2D eigenvalue weighted by molar-refractivity contribution is 5.87. The molecule has 0 aromatic heterocycles. The molecule has 0 bridgehead atoms. The summed E-state index contributed by atoms with van der Waals surface area (Å²) < 4.78 is 10.8. The average Bonchev–Trinajstić information content (AvgIpc) is 2.98. The number of ether oxygens (including phenoxy) is 2. The molecule has 50 heavy (non-hydrogen) atoms. The van der Waals surface area contributed by atoms with Crippen LogP contribution < -0.4 is 10.6 Å². The number of nitrogens with one attached hydrogen (secondary N) is 2. The highest BCUT2D eigenvalue weighted by Gasteiger charge is 2.28. The van der Waals surface area contributed by atoms with Crippen LogP contribution in [0.1, 0.15) is 183 Å². The van der Waals surface area contributed by atoms with Crippen LogP contribution in [0.5, 0.6) is 0 Å². The maximum atomic E-state index is 12.8. The monoisotopic (exact) mass is 712 g/mol. The van der Waals surface area contributed by atoms with Crippen molar-refractivity contribution >= 4 is 35.7 Å². The molecule has 0 aromatic rings. The summed E-state index contributed by atoms with van der Waals surface area (Å²) in [7, 11) is 0. The van der Waals surface area contributed by atoms with Crippen LogP contribution in [0.2, 0.25) is 0 Å². The first-order chi connectivity index (χ1) is 23.4. The van der Waals surface area contributed by atoms with Gasteiger partial charge in [-0.15, -0.1) is 0 Å². The van der Waals surface area contributed by atoms with Crippen molar-refractivity contribution in [2.45, 2.75) is 206 Å². The van der Waals surface area contributed by atoms with Crippen molar-refractivity contribution < 1.29 is 48.5 Å². The predicted octanol–water partition coefficient (Wildman–Crippen LogP) is 7.39. The lowest BCUT2D eigenvalue weighted by molar-refractivity contribution is -0.159.